The Hall–Kier alpha value is -2.84. The van der Waals surface area contributed by atoms with Crippen molar-refractivity contribution < 1.29 is 17.6 Å². The number of carbonyl (C=O) groups is 1. The number of thioether (sulfide) groups is 1. The average molecular weight is 431 g/mol. The molecule has 1 amide bonds. The normalized spacial score (nSPS) is 11.1. The molecule has 0 radical (unpaired) electrons. The molecule has 150 valence electrons. The van der Waals surface area contributed by atoms with Crippen LogP contribution < -0.4 is 10.0 Å². The number of anilines is 2. The molecule has 29 heavy (non-hydrogen) atoms. The van der Waals surface area contributed by atoms with E-state index in [0.29, 0.717) is 11.4 Å². The van der Waals surface area contributed by atoms with Gasteiger partial charge in [-0.15, -0.1) is 11.8 Å². The van der Waals surface area contributed by atoms with E-state index in [1.54, 1.807) is 0 Å². The molecule has 3 aromatic rings. The summed E-state index contributed by atoms with van der Waals surface area (Å²) in [5, 5.41) is 2.75. The second-order valence-corrected chi connectivity index (χ2v) is 8.83. The minimum absolute atomic E-state index is 0.0401. The van der Waals surface area contributed by atoms with Gasteiger partial charge >= 0.3 is 0 Å². The Morgan fingerprint density at radius 3 is 2.14 bits per heavy atom. The van der Waals surface area contributed by atoms with E-state index in [-0.39, 0.29) is 16.5 Å². The molecule has 8 heteroatoms. The first-order valence-electron chi connectivity index (χ1n) is 8.72. The highest BCUT2D eigenvalue weighted by atomic mass is 32.2. The lowest BCUT2D eigenvalue weighted by Gasteiger charge is -2.09. The molecular weight excluding hydrogens is 411 g/mol. The fourth-order valence-corrected chi connectivity index (χ4v) is 4.33. The molecule has 0 bridgehead atoms. The summed E-state index contributed by atoms with van der Waals surface area (Å²) in [4.78, 5) is 12.1. The maximum absolute atomic E-state index is 12.9. The number of carbonyl (C=O) groups excluding carboxylic acids is 1. The minimum atomic E-state index is -3.81. The predicted molar refractivity (Wildman–Crippen MR) is 115 cm³/mol. The highest BCUT2D eigenvalue weighted by Crippen LogP contribution is 2.19. The lowest BCUT2D eigenvalue weighted by molar-refractivity contribution is -0.113. The minimum Gasteiger partial charge on any atom is -0.325 e. The number of rotatable bonds is 8. The Morgan fingerprint density at radius 1 is 0.862 bits per heavy atom. The molecule has 0 aliphatic rings. The molecule has 0 heterocycles. The van der Waals surface area contributed by atoms with Gasteiger partial charge in [-0.3, -0.25) is 9.52 Å². The highest BCUT2D eigenvalue weighted by Gasteiger charge is 2.14. The first kappa shape index (κ1) is 20.9. The number of hydrogen-bond acceptors (Lipinski definition) is 4. The molecule has 0 saturated heterocycles. The zero-order valence-electron chi connectivity index (χ0n) is 15.3. The van der Waals surface area contributed by atoms with Crippen molar-refractivity contribution in [1.82, 2.24) is 0 Å². The molecule has 3 rings (SSSR count). The third-order valence-corrected chi connectivity index (χ3v) is 6.29. The van der Waals surface area contributed by atoms with Crippen LogP contribution in [0.25, 0.3) is 0 Å². The van der Waals surface area contributed by atoms with Crippen molar-refractivity contribution in [2.24, 2.45) is 0 Å². The van der Waals surface area contributed by atoms with Gasteiger partial charge in [0, 0.05) is 17.1 Å². The van der Waals surface area contributed by atoms with Gasteiger partial charge in [0.15, 0.2) is 0 Å². The maximum Gasteiger partial charge on any atom is 0.261 e. The summed E-state index contributed by atoms with van der Waals surface area (Å²) < 4.78 is 40.1. The highest BCUT2D eigenvalue weighted by molar-refractivity contribution is 7.99. The Morgan fingerprint density at radius 2 is 1.48 bits per heavy atom. The van der Waals surface area contributed by atoms with Gasteiger partial charge in [0.25, 0.3) is 10.0 Å². The lowest BCUT2D eigenvalue weighted by atomic mass is 10.2. The van der Waals surface area contributed by atoms with Crippen LogP contribution in [0.3, 0.4) is 0 Å². The predicted octanol–water partition coefficient (Wildman–Crippen LogP) is 4.50. The average Bonchev–Trinajstić information content (AvgIpc) is 2.71. The Balaban J connectivity index is 1.53. The number of nitrogens with one attached hydrogen (secondary N) is 2. The summed E-state index contributed by atoms with van der Waals surface area (Å²) in [6.45, 7) is 0. The summed E-state index contributed by atoms with van der Waals surface area (Å²) in [7, 11) is -3.81. The molecule has 0 aliphatic heterocycles. The number of amides is 1. The van der Waals surface area contributed by atoms with E-state index in [1.165, 1.54) is 60.3 Å². The fraction of sp³-hybridized carbons (Fsp3) is 0.0952. The van der Waals surface area contributed by atoms with Crippen LogP contribution in [0, 0.1) is 5.82 Å². The topological polar surface area (TPSA) is 75.3 Å². The number of sulfonamides is 1. The second-order valence-electron chi connectivity index (χ2n) is 6.16. The number of benzene rings is 3. The van der Waals surface area contributed by atoms with Crippen LogP contribution in [0.4, 0.5) is 15.8 Å². The van der Waals surface area contributed by atoms with Crippen molar-refractivity contribution in [3.8, 4) is 0 Å². The maximum atomic E-state index is 12.9. The molecular formula is C21H19FN2O3S2. The molecule has 0 aromatic heterocycles. The fourth-order valence-electron chi connectivity index (χ4n) is 2.48. The van der Waals surface area contributed by atoms with Gasteiger partial charge in [-0.25, -0.2) is 12.8 Å². The summed E-state index contributed by atoms with van der Waals surface area (Å²) in [6, 6.07) is 20.7. The Kier molecular flexibility index (Phi) is 6.90. The third-order valence-electron chi connectivity index (χ3n) is 3.89. The third kappa shape index (κ3) is 6.33. The van der Waals surface area contributed by atoms with Crippen molar-refractivity contribution in [2.45, 2.75) is 10.6 Å². The summed E-state index contributed by atoms with van der Waals surface area (Å²) in [6.07, 6.45) is 0. The van der Waals surface area contributed by atoms with Crippen molar-refractivity contribution >= 4 is 39.1 Å². The summed E-state index contributed by atoms with van der Waals surface area (Å²) >= 11 is 1.50. The van der Waals surface area contributed by atoms with Gasteiger partial charge in [-0.1, -0.05) is 30.3 Å². The molecule has 0 spiro atoms. The van der Waals surface area contributed by atoms with E-state index in [1.807, 2.05) is 30.3 Å². The SMILES string of the molecule is O=C(CSCc1ccccc1)Nc1ccc(S(=O)(=O)Nc2ccc(F)cc2)cc1. The smallest absolute Gasteiger partial charge is 0.261 e. The van der Waals surface area contributed by atoms with Crippen LogP contribution in [-0.4, -0.2) is 20.1 Å². The van der Waals surface area contributed by atoms with E-state index in [9.17, 15) is 17.6 Å². The van der Waals surface area contributed by atoms with Crippen LogP contribution in [0.5, 0.6) is 0 Å². The van der Waals surface area contributed by atoms with Crippen LogP contribution in [0.2, 0.25) is 0 Å². The zero-order chi connectivity index (χ0) is 20.7. The first-order chi connectivity index (χ1) is 13.9. The van der Waals surface area contributed by atoms with Gasteiger partial charge in [0.2, 0.25) is 5.91 Å². The first-order valence-corrected chi connectivity index (χ1v) is 11.4. The van der Waals surface area contributed by atoms with Crippen LogP contribution in [-0.2, 0) is 20.6 Å². The number of halogens is 1. The summed E-state index contributed by atoms with van der Waals surface area (Å²) in [5.74, 6) is 0.419. The number of hydrogen-bond donors (Lipinski definition) is 2. The monoisotopic (exact) mass is 430 g/mol. The quantitative estimate of drug-likeness (QED) is 0.552. The molecule has 0 atom stereocenters. The molecule has 0 saturated carbocycles. The zero-order valence-corrected chi connectivity index (χ0v) is 17.0. The van der Waals surface area contributed by atoms with Gasteiger partial charge < -0.3 is 5.32 Å². The van der Waals surface area contributed by atoms with Gasteiger partial charge in [0.05, 0.1) is 10.6 Å². The van der Waals surface area contributed by atoms with E-state index in [4.69, 9.17) is 0 Å². The molecule has 5 nitrogen and oxygen atoms in total. The second kappa shape index (κ2) is 9.58. The molecule has 3 aromatic carbocycles. The largest absolute Gasteiger partial charge is 0.325 e. The van der Waals surface area contributed by atoms with Crippen LogP contribution in [0.15, 0.2) is 83.8 Å². The molecule has 0 unspecified atom stereocenters. The van der Waals surface area contributed by atoms with Gasteiger partial charge in [-0.05, 0) is 54.1 Å². The van der Waals surface area contributed by atoms with Crippen molar-refractivity contribution in [2.75, 3.05) is 15.8 Å². The van der Waals surface area contributed by atoms with Crippen LogP contribution >= 0.6 is 11.8 Å². The lowest BCUT2D eigenvalue weighted by Crippen LogP contribution is -2.15. The van der Waals surface area contributed by atoms with Crippen molar-refractivity contribution in [3.05, 3.63) is 90.2 Å². The summed E-state index contributed by atoms with van der Waals surface area (Å²) in [5.41, 5.74) is 1.92. The van der Waals surface area contributed by atoms with E-state index < -0.39 is 15.8 Å². The van der Waals surface area contributed by atoms with E-state index >= 15 is 0 Å². The van der Waals surface area contributed by atoms with Gasteiger partial charge in [-0.2, -0.15) is 0 Å². The van der Waals surface area contributed by atoms with Gasteiger partial charge in [0.1, 0.15) is 5.82 Å². The van der Waals surface area contributed by atoms with Crippen molar-refractivity contribution in [3.63, 3.8) is 0 Å². The Labute approximate surface area is 173 Å². The van der Waals surface area contributed by atoms with Crippen molar-refractivity contribution in [1.29, 1.82) is 0 Å². The molecule has 2 N–H and O–H groups in total. The van der Waals surface area contributed by atoms with E-state index in [0.717, 1.165) is 11.3 Å². The van der Waals surface area contributed by atoms with Crippen LogP contribution in [0.1, 0.15) is 5.56 Å². The molecule has 0 fully saturated rings. The Bertz CT molecular complexity index is 1060. The van der Waals surface area contributed by atoms with E-state index in [2.05, 4.69) is 10.0 Å². The standard InChI is InChI=1S/C21H19FN2O3S2/c22-17-6-8-19(9-7-17)24-29(26,27)20-12-10-18(11-13-20)23-21(25)15-28-14-16-4-2-1-3-5-16/h1-13,24H,14-15H2,(H,23,25). The molecule has 0 aliphatic carbocycles.